The Kier molecular flexibility index (Phi) is 9.86. The average Bonchev–Trinajstić information content (AvgIpc) is 2.43. The summed E-state index contributed by atoms with van der Waals surface area (Å²) in [6.45, 7) is 5.34. The second-order valence-electron chi connectivity index (χ2n) is 4.35. The van der Waals surface area contributed by atoms with E-state index in [1.54, 1.807) is 0 Å². The van der Waals surface area contributed by atoms with Gasteiger partial charge in [0.2, 0.25) is 5.91 Å². The molecule has 0 saturated carbocycles. The first-order valence-corrected chi connectivity index (χ1v) is 6.88. The molecule has 0 saturated heterocycles. The summed E-state index contributed by atoms with van der Waals surface area (Å²) in [5, 5.41) is 6.03. The van der Waals surface area contributed by atoms with Gasteiger partial charge in [-0.25, -0.2) is 0 Å². The first-order chi connectivity index (χ1) is 9.22. The highest BCUT2D eigenvalue weighted by molar-refractivity contribution is 5.85. The van der Waals surface area contributed by atoms with Gasteiger partial charge in [0.25, 0.3) is 0 Å². The van der Waals surface area contributed by atoms with Crippen LogP contribution in [0, 0.1) is 0 Å². The Hall–Kier alpha value is -1.26. The molecule has 0 aliphatic rings. The number of rotatable bonds is 8. The summed E-state index contributed by atoms with van der Waals surface area (Å²) in [6, 6.07) is 7.88. The SMILES string of the molecule is CCOc1ccccc1C(CC)NC(=O)CCNC.Cl. The lowest BCUT2D eigenvalue weighted by Gasteiger charge is -2.20. The number of carbonyl (C=O) groups excluding carboxylic acids is 1. The van der Waals surface area contributed by atoms with Gasteiger partial charge in [0.1, 0.15) is 5.75 Å². The lowest BCUT2D eigenvalue weighted by atomic mass is 10.0. The van der Waals surface area contributed by atoms with Crippen molar-refractivity contribution in [2.45, 2.75) is 32.7 Å². The molecule has 1 unspecified atom stereocenters. The highest BCUT2D eigenvalue weighted by Gasteiger charge is 2.16. The van der Waals surface area contributed by atoms with Crippen LogP contribution in [0.15, 0.2) is 24.3 Å². The van der Waals surface area contributed by atoms with E-state index < -0.39 is 0 Å². The smallest absolute Gasteiger partial charge is 0.221 e. The van der Waals surface area contributed by atoms with Gasteiger partial charge in [0, 0.05) is 18.5 Å². The van der Waals surface area contributed by atoms with Crippen molar-refractivity contribution in [3.05, 3.63) is 29.8 Å². The Morgan fingerprint density at radius 3 is 2.60 bits per heavy atom. The molecule has 0 fully saturated rings. The number of halogens is 1. The molecule has 2 N–H and O–H groups in total. The van der Waals surface area contributed by atoms with Crippen LogP contribution in [0.25, 0.3) is 0 Å². The Bertz CT molecular complexity index is 399. The fourth-order valence-electron chi connectivity index (χ4n) is 1.96. The van der Waals surface area contributed by atoms with Crippen LogP contribution >= 0.6 is 12.4 Å². The van der Waals surface area contributed by atoms with Crippen molar-refractivity contribution in [1.82, 2.24) is 10.6 Å². The van der Waals surface area contributed by atoms with Gasteiger partial charge < -0.3 is 15.4 Å². The van der Waals surface area contributed by atoms with Gasteiger partial charge in [0.05, 0.1) is 12.6 Å². The molecular formula is C15H25ClN2O2. The molecule has 0 aliphatic carbocycles. The van der Waals surface area contributed by atoms with E-state index in [2.05, 4.69) is 17.6 Å². The van der Waals surface area contributed by atoms with E-state index in [4.69, 9.17) is 4.74 Å². The first-order valence-electron chi connectivity index (χ1n) is 6.88. The quantitative estimate of drug-likeness (QED) is 0.776. The lowest BCUT2D eigenvalue weighted by molar-refractivity contribution is -0.121. The minimum atomic E-state index is 0. The molecule has 0 radical (unpaired) electrons. The summed E-state index contributed by atoms with van der Waals surface area (Å²) in [7, 11) is 1.84. The molecule has 5 heteroatoms. The summed E-state index contributed by atoms with van der Waals surface area (Å²) in [5.41, 5.74) is 1.05. The van der Waals surface area contributed by atoms with Crippen LogP contribution < -0.4 is 15.4 Å². The molecule has 1 aromatic rings. The van der Waals surface area contributed by atoms with E-state index in [9.17, 15) is 4.79 Å². The number of benzene rings is 1. The summed E-state index contributed by atoms with van der Waals surface area (Å²) in [5.74, 6) is 0.915. The zero-order chi connectivity index (χ0) is 14.1. The molecule has 1 amide bonds. The van der Waals surface area contributed by atoms with Crippen molar-refractivity contribution in [1.29, 1.82) is 0 Å². The van der Waals surface area contributed by atoms with E-state index >= 15 is 0 Å². The van der Waals surface area contributed by atoms with Crippen molar-refractivity contribution < 1.29 is 9.53 Å². The van der Waals surface area contributed by atoms with Gasteiger partial charge in [-0.3, -0.25) is 4.79 Å². The molecular weight excluding hydrogens is 276 g/mol. The van der Waals surface area contributed by atoms with E-state index in [0.717, 1.165) is 17.7 Å². The minimum Gasteiger partial charge on any atom is -0.494 e. The maximum Gasteiger partial charge on any atom is 0.221 e. The lowest BCUT2D eigenvalue weighted by Crippen LogP contribution is -2.30. The normalized spacial score (nSPS) is 11.3. The van der Waals surface area contributed by atoms with Gasteiger partial charge in [-0.1, -0.05) is 25.1 Å². The van der Waals surface area contributed by atoms with E-state index in [1.165, 1.54) is 0 Å². The number of nitrogens with one attached hydrogen (secondary N) is 2. The van der Waals surface area contributed by atoms with Crippen molar-refractivity contribution in [3.63, 3.8) is 0 Å². The molecule has 0 aliphatic heterocycles. The summed E-state index contributed by atoms with van der Waals surface area (Å²) in [4.78, 5) is 11.8. The summed E-state index contributed by atoms with van der Waals surface area (Å²) >= 11 is 0. The van der Waals surface area contributed by atoms with Gasteiger partial charge in [-0.2, -0.15) is 0 Å². The Morgan fingerprint density at radius 1 is 1.30 bits per heavy atom. The van der Waals surface area contributed by atoms with Crippen molar-refractivity contribution in [3.8, 4) is 5.75 Å². The first kappa shape index (κ1) is 18.7. The van der Waals surface area contributed by atoms with E-state index in [0.29, 0.717) is 19.6 Å². The number of carbonyl (C=O) groups is 1. The molecule has 1 aromatic carbocycles. The zero-order valence-electron chi connectivity index (χ0n) is 12.4. The van der Waals surface area contributed by atoms with Crippen LogP contribution in [0.1, 0.15) is 38.3 Å². The minimum absolute atomic E-state index is 0. The summed E-state index contributed by atoms with van der Waals surface area (Å²) < 4.78 is 5.62. The maximum absolute atomic E-state index is 11.8. The third-order valence-corrected chi connectivity index (χ3v) is 2.94. The topological polar surface area (TPSA) is 50.4 Å². The molecule has 1 atom stereocenters. The third-order valence-electron chi connectivity index (χ3n) is 2.94. The number of hydrogen-bond acceptors (Lipinski definition) is 3. The Labute approximate surface area is 127 Å². The van der Waals surface area contributed by atoms with Crippen LogP contribution in [0.3, 0.4) is 0 Å². The highest BCUT2D eigenvalue weighted by Crippen LogP contribution is 2.27. The van der Waals surface area contributed by atoms with E-state index in [1.807, 2.05) is 38.2 Å². The predicted molar refractivity (Wildman–Crippen MR) is 84.6 cm³/mol. The standard InChI is InChI=1S/C15H24N2O2.ClH/c1-4-13(17-15(18)10-11-16-3)12-8-6-7-9-14(12)19-5-2;/h6-9,13,16H,4-5,10-11H2,1-3H3,(H,17,18);1H. The fraction of sp³-hybridized carbons (Fsp3) is 0.533. The predicted octanol–water partition coefficient (Wildman–Crippen LogP) is 2.68. The highest BCUT2D eigenvalue weighted by atomic mass is 35.5. The monoisotopic (exact) mass is 300 g/mol. The summed E-state index contributed by atoms with van der Waals surface area (Å²) in [6.07, 6.45) is 1.33. The maximum atomic E-state index is 11.8. The van der Waals surface area contributed by atoms with Crippen LogP contribution in [0.2, 0.25) is 0 Å². The molecule has 0 spiro atoms. The molecule has 0 aromatic heterocycles. The van der Waals surface area contributed by atoms with Gasteiger partial charge in [-0.05, 0) is 26.5 Å². The number of ether oxygens (including phenoxy) is 1. The molecule has 0 heterocycles. The van der Waals surface area contributed by atoms with Crippen LogP contribution in [0.5, 0.6) is 5.75 Å². The fourth-order valence-corrected chi connectivity index (χ4v) is 1.96. The number of hydrogen-bond donors (Lipinski definition) is 2. The number of para-hydroxylation sites is 1. The van der Waals surface area contributed by atoms with Crippen LogP contribution in [-0.2, 0) is 4.79 Å². The van der Waals surface area contributed by atoms with Crippen molar-refractivity contribution in [2.24, 2.45) is 0 Å². The molecule has 20 heavy (non-hydrogen) atoms. The Morgan fingerprint density at radius 2 is 2.00 bits per heavy atom. The van der Waals surface area contributed by atoms with Crippen LogP contribution in [-0.4, -0.2) is 26.1 Å². The third kappa shape index (κ3) is 5.80. The molecule has 4 nitrogen and oxygen atoms in total. The van der Waals surface area contributed by atoms with Gasteiger partial charge >= 0.3 is 0 Å². The molecule has 0 bridgehead atoms. The number of amides is 1. The van der Waals surface area contributed by atoms with Crippen LogP contribution in [0.4, 0.5) is 0 Å². The Balaban J connectivity index is 0.00000361. The largest absolute Gasteiger partial charge is 0.494 e. The van der Waals surface area contributed by atoms with E-state index in [-0.39, 0.29) is 24.4 Å². The van der Waals surface area contributed by atoms with Gasteiger partial charge in [-0.15, -0.1) is 12.4 Å². The van der Waals surface area contributed by atoms with Crippen molar-refractivity contribution >= 4 is 18.3 Å². The zero-order valence-corrected chi connectivity index (χ0v) is 13.3. The van der Waals surface area contributed by atoms with Gasteiger partial charge in [0.15, 0.2) is 0 Å². The molecule has 114 valence electrons. The van der Waals surface area contributed by atoms with Crippen molar-refractivity contribution in [2.75, 3.05) is 20.2 Å². The average molecular weight is 301 g/mol. The second kappa shape index (κ2) is 10.5. The second-order valence-corrected chi connectivity index (χ2v) is 4.35. The molecule has 1 rings (SSSR count).